The quantitative estimate of drug-likeness (QED) is 0.585. The van der Waals surface area contributed by atoms with E-state index in [1.807, 2.05) is 48.5 Å². The van der Waals surface area contributed by atoms with E-state index >= 15 is 0 Å². The molecular formula is C22H21NO4. The van der Waals surface area contributed by atoms with Gasteiger partial charge in [0.25, 0.3) is 0 Å². The molecule has 2 aromatic rings. The van der Waals surface area contributed by atoms with Gasteiger partial charge >= 0.3 is 5.97 Å². The fraction of sp³-hybridized carbons (Fsp3) is 0.273. The molecule has 0 unspecified atom stereocenters. The van der Waals surface area contributed by atoms with E-state index in [0.717, 1.165) is 24.0 Å². The number of methoxy groups -OCH3 is 1. The molecule has 1 aliphatic heterocycles. The molecule has 27 heavy (non-hydrogen) atoms. The molecule has 5 nitrogen and oxygen atoms in total. The van der Waals surface area contributed by atoms with E-state index in [-0.39, 0.29) is 11.8 Å². The maximum atomic E-state index is 12.2. The summed E-state index contributed by atoms with van der Waals surface area (Å²) in [6, 6.07) is 15.0. The molecule has 0 atom stereocenters. The molecule has 138 valence electrons. The molecule has 0 N–H and O–H groups in total. The van der Waals surface area contributed by atoms with E-state index < -0.39 is 5.97 Å². The third-order valence-corrected chi connectivity index (χ3v) is 4.73. The van der Waals surface area contributed by atoms with Crippen LogP contribution in [0.15, 0.2) is 59.2 Å². The van der Waals surface area contributed by atoms with Crippen LogP contribution in [-0.4, -0.2) is 25.1 Å². The highest BCUT2D eigenvalue weighted by Crippen LogP contribution is 2.33. The minimum absolute atomic E-state index is 0.223. The van der Waals surface area contributed by atoms with Crippen LogP contribution >= 0.6 is 0 Å². The van der Waals surface area contributed by atoms with E-state index in [1.165, 1.54) is 12.8 Å². The average Bonchev–Trinajstić information content (AvgIpc) is 3.33. The van der Waals surface area contributed by atoms with Crippen molar-refractivity contribution in [3.63, 3.8) is 0 Å². The lowest BCUT2D eigenvalue weighted by molar-refractivity contribution is -0.129. The third-order valence-electron chi connectivity index (χ3n) is 4.73. The van der Waals surface area contributed by atoms with Gasteiger partial charge in [0.2, 0.25) is 5.90 Å². The van der Waals surface area contributed by atoms with Crippen LogP contribution in [0.2, 0.25) is 0 Å². The Morgan fingerprint density at radius 2 is 1.85 bits per heavy atom. The lowest BCUT2D eigenvalue weighted by Gasteiger charge is -2.16. The van der Waals surface area contributed by atoms with Crippen molar-refractivity contribution in [3.8, 4) is 11.5 Å². The van der Waals surface area contributed by atoms with Gasteiger partial charge in [0.1, 0.15) is 0 Å². The lowest BCUT2D eigenvalue weighted by Crippen LogP contribution is -2.11. The molecular weight excluding hydrogens is 342 g/mol. The van der Waals surface area contributed by atoms with Gasteiger partial charge < -0.3 is 14.2 Å². The second-order valence-electron chi connectivity index (χ2n) is 6.64. The molecule has 1 heterocycles. The average molecular weight is 363 g/mol. The molecule has 0 aromatic heterocycles. The Bertz CT molecular complexity index is 896. The largest absolute Gasteiger partial charge is 0.493 e. The van der Waals surface area contributed by atoms with Crippen molar-refractivity contribution in [2.45, 2.75) is 31.8 Å². The summed E-state index contributed by atoms with van der Waals surface area (Å²) in [6.07, 6.45) is 6.44. The standard InChI is InChI=1S/C22H21NO4/c1-25-19-12-11-15(14-20(19)26-17-9-5-6-10-17)13-18-22(24)27-21(23-18)16-7-3-2-4-8-16/h2-4,7-8,11-14,17H,5-6,9-10H2,1H3/b18-13-. The van der Waals surface area contributed by atoms with Crippen molar-refractivity contribution >= 4 is 17.9 Å². The topological polar surface area (TPSA) is 57.1 Å². The number of rotatable bonds is 5. The first-order valence-electron chi connectivity index (χ1n) is 9.15. The molecule has 0 saturated heterocycles. The summed E-state index contributed by atoms with van der Waals surface area (Å²) < 4.78 is 16.8. The maximum absolute atomic E-state index is 12.2. The number of hydrogen-bond donors (Lipinski definition) is 0. The number of nitrogens with zero attached hydrogens (tertiary/aromatic N) is 1. The Hall–Kier alpha value is -3.08. The van der Waals surface area contributed by atoms with Gasteiger partial charge in [-0.2, -0.15) is 0 Å². The van der Waals surface area contributed by atoms with Gasteiger partial charge in [0, 0.05) is 5.56 Å². The van der Waals surface area contributed by atoms with E-state index in [4.69, 9.17) is 14.2 Å². The molecule has 0 amide bonds. The maximum Gasteiger partial charge on any atom is 0.363 e. The molecule has 4 rings (SSSR count). The Morgan fingerprint density at radius 3 is 2.59 bits per heavy atom. The monoisotopic (exact) mass is 363 g/mol. The summed E-state index contributed by atoms with van der Waals surface area (Å²) >= 11 is 0. The molecule has 2 aromatic carbocycles. The summed E-state index contributed by atoms with van der Waals surface area (Å²) in [5.74, 6) is 1.25. The van der Waals surface area contributed by atoms with E-state index in [0.29, 0.717) is 17.4 Å². The van der Waals surface area contributed by atoms with Crippen LogP contribution in [0.25, 0.3) is 6.08 Å². The smallest absolute Gasteiger partial charge is 0.363 e. The summed E-state index contributed by atoms with van der Waals surface area (Å²) in [6.45, 7) is 0. The zero-order valence-electron chi connectivity index (χ0n) is 15.2. The molecule has 1 aliphatic carbocycles. The van der Waals surface area contributed by atoms with Gasteiger partial charge in [-0.05, 0) is 61.6 Å². The highest BCUT2D eigenvalue weighted by molar-refractivity contribution is 6.12. The number of benzene rings is 2. The number of ether oxygens (including phenoxy) is 3. The number of hydrogen-bond acceptors (Lipinski definition) is 5. The van der Waals surface area contributed by atoms with Crippen molar-refractivity contribution < 1.29 is 19.0 Å². The number of esters is 1. The van der Waals surface area contributed by atoms with E-state index in [9.17, 15) is 4.79 Å². The highest BCUT2D eigenvalue weighted by Gasteiger charge is 2.24. The Kier molecular flexibility index (Phi) is 4.92. The second-order valence-corrected chi connectivity index (χ2v) is 6.64. The number of aliphatic imine (C=N–C) groups is 1. The van der Waals surface area contributed by atoms with Gasteiger partial charge in [0.15, 0.2) is 17.2 Å². The molecule has 5 heteroatoms. The zero-order chi connectivity index (χ0) is 18.6. The number of cyclic esters (lactones) is 1. The van der Waals surface area contributed by atoms with Crippen molar-refractivity contribution in [2.75, 3.05) is 7.11 Å². The predicted octanol–water partition coefficient (Wildman–Crippen LogP) is 4.36. The van der Waals surface area contributed by atoms with Crippen LogP contribution in [0.3, 0.4) is 0 Å². The van der Waals surface area contributed by atoms with Crippen molar-refractivity contribution in [3.05, 3.63) is 65.4 Å². The highest BCUT2D eigenvalue weighted by atomic mass is 16.6. The van der Waals surface area contributed by atoms with Crippen molar-refractivity contribution in [2.24, 2.45) is 4.99 Å². The summed E-state index contributed by atoms with van der Waals surface area (Å²) in [7, 11) is 1.62. The van der Waals surface area contributed by atoms with Crippen LogP contribution in [-0.2, 0) is 9.53 Å². The van der Waals surface area contributed by atoms with Crippen LogP contribution in [0.1, 0.15) is 36.8 Å². The fourth-order valence-electron chi connectivity index (χ4n) is 3.33. The second kappa shape index (κ2) is 7.66. The zero-order valence-corrected chi connectivity index (χ0v) is 15.2. The summed E-state index contributed by atoms with van der Waals surface area (Å²) in [5.41, 5.74) is 1.86. The molecule has 1 saturated carbocycles. The van der Waals surface area contributed by atoms with Crippen molar-refractivity contribution in [1.82, 2.24) is 0 Å². The van der Waals surface area contributed by atoms with Crippen LogP contribution in [0, 0.1) is 0 Å². The first-order valence-corrected chi connectivity index (χ1v) is 9.15. The van der Waals surface area contributed by atoms with E-state index in [1.54, 1.807) is 13.2 Å². The van der Waals surface area contributed by atoms with E-state index in [2.05, 4.69) is 4.99 Å². The summed E-state index contributed by atoms with van der Waals surface area (Å²) in [5, 5.41) is 0. The fourth-order valence-corrected chi connectivity index (χ4v) is 3.33. The lowest BCUT2D eigenvalue weighted by atomic mass is 10.1. The van der Waals surface area contributed by atoms with Crippen LogP contribution in [0.5, 0.6) is 11.5 Å². The number of carbonyl (C=O) groups excluding carboxylic acids is 1. The predicted molar refractivity (Wildman–Crippen MR) is 103 cm³/mol. The Balaban J connectivity index is 1.61. The molecule has 0 bridgehead atoms. The minimum Gasteiger partial charge on any atom is -0.493 e. The molecule has 0 spiro atoms. The number of carbonyl (C=O) groups is 1. The Morgan fingerprint density at radius 1 is 1.07 bits per heavy atom. The molecule has 1 fully saturated rings. The summed E-state index contributed by atoms with van der Waals surface area (Å²) in [4.78, 5) is 16.5. The first kappa shape index (κ1) is 17.3. The SMILES string of the molecule is COc1ccc(/C=C2\N=C(c3ccccc3)OC2=O)cc1OC1CCCC1. The molecule has 0 radical (unpaired) electrons. The Labute approximate surface area is 158 Å². The van der Waals surface area contributed by atoms with Gasteiger partial charge in [-0.3, -0.25) is 0 Å². The van der Waals surface area contributed by atoms with Gasteiger partial charge in [-0.1, -0.05) is 24.3 Å². The normalized spacial score (nSPS) is 18.5. The minimum atomic E-state index is -0.456. The third kappa shape index (κ3) is 3.87. The van der Waals surface area contributed by atoms with Crippen LogP contribution in [0.4, 0.5) is 0 Å². The van der Waals surface area contributed by atoms with Crippen molar-refractivity contribution in [1.29, 1.82) is 0 Å². The van der Waals surface area contributed by atoms with Crippen LogP contribution < -0.4 is 9.47 Å². The van der Waals surface area contributed by atoms with Gasteiger partial charge in [-0.15, -0.1) is 0 Å². The van der Waals surface area contributed by atoms with Gasteiger partial charge in [-0.25, -0.2) is 9.79 Å². The first-order chi connectivity index (χ1) is 13.2. The van der Waals surface area contributed by atoms with Gasteiger partial charge in [0.05, 0.1) is 13.2 Å². The molecule has 2 aliphatic rings.